The van der Waals surface area contributed by atoms with Gasteiger partial charge in [0.1, 0.15) is 10.6 Å². The lowest BCUT2D eigenvalue weighted by atomic mass is 9.98. The smallest absolute Gasteiger partial charge is 0.248 e. The molecule has 1 saturated heterocycles. The lowest BCUT2D eigenvalue weighted by Gasteiger charge is -2.33. The summed E-state index contributed by atoms with van der Waals surface area (Å²) >= 11 is 0. The lowest BCUT2D eigenvalue weighted by Crippen LogP contribution is -2.45. The largest absolute Gasteiger partial charge is 0.360 e. The number of amides is 1. The third kappa shape index (κ3) is 4.03. The highest BCUT2D eigenvalue weighted by Crippen LogP contribution is 2.28. The predicted molar refractivity (Wildman–Crippen MR) is 98.2 cm³/mol. The molecule has 8 nitrogen and oxygen atoms in total. The number of piperidine rings is 1. The van der Waals surface area contributed by atoms with Crippen LogP contribution in [-0.4, -0.2) is 53.8 Å². The van der Waals surface area contributed by atoms with Crippen LogP contribution in [0.15, 0.2) is 33.8 Å². The van der Waals surface area contributed by atoms with E-state index in [1.165, 1.54) is 4.31 Å². The minimum Gasteiger partial charge on any atom is -0.360 e. The normalized spacial score (nSPS) is 18.4. The van der Waals surface area contributed by atoms with E-state index in [1.807, 2.05) is 18.2 Å². The Morgan fingerprint density at radius 1 is 1.37 bits per heavy atom. The molecule has 1 aliphatic rings. The number of hydrogen-bond donors (Lipinski definition) is 0. The zero-order valence-electron chi connectivity index (χ0n) is 15.8. The number of carbonyl (C=O) groups is 1. The number of sulfonamides is 1. The van der Waals surface area contributed by atoms with E-state index in [2.05, 4.69) is 10.1 Å². The highest BCUT2D eigenvalue weighted by Gasteiger charge is 2.37. The molecule has 1 unspecified atom stereocenters. The van der Waals surface area contributed by atoms with Gasteiger partial charge in [0.15, 0.2) is 5.76 Å². The Kier molecular flexibility index (Phi) is 5.61. The second kappa shape index (κ2) is 7.77. The minimum absolute atomic E-state index is 0.0701. The fourth-order valence-electron chi connectivity index (χ4n) is 3.46. The summed E-state index contributed by atoms with van der Waals surface area (Å²) in [6.07, 6.45) is 2.99. The zero-order valence-corrected chi connectivity index (χ0v) is 16.6. The van der Waals surface area contributed by atoms with Gasteiger partial charge in [-0.25, -0.2) is 8.42 Å². The van der Waals surface area contributed by atoms with Crippen LogP contribution in [0.5, 0.6) is 0 Å². The molecule has 3 heterocycles. The van der Waals surface area contributed by atoms with Gasteiger partial charge in [-0.05, 0) is 38.8 Å². The molecule has 1 fully saturated rings. The summed E-state index contributed by atoms with van der Waals surface area (Å²) in [5, 5.41) is 3.74. The average molecular weight is 392 g/mol. The van der Waals surface area contributed by atoms with E-state index in [4.69, 9.17) is 4.52 Å². The maximum atomic E-state index is 13.0. The van der Waals surface area contributed by atoms with Crippen LogP contribution in [0.1, 0.15) is 30.0 Å². The molecule has 27 heavy (non-hydrogen) atoms. The molecule has 1 amide bonds. The molecule has 0 saturated carbocycles. The van der Waals surface area contributed by atoms with Crippen LogP contribution in [0.25, 0.3) is 0 Å². The van der Waals surface area contributed by atoms with Gasteiger partial charge in [0.25, 0.3) is 0 Å². The van der Waals surface area contributed by atoms with E-state index < -0.39 is 10.0 Å². The highest BCUT2D eigenvalue weighted by molar-refractivity contribution is 7.89. The Morgan fingerprint density at radius 2 is 2.15 bits per heavy atom. The number of rotatable bonds is 5. The Hall–Kier alpha value is -2.26. The van der Waals surface area contributed by atoms with Crippen molar-refractivity contribution in [1.82, 2.24) is 19.3 Å². The second-order valence-corrected chi connectivity index (χ2v) is 8.75. The quantitative estimate of drug-likeness (QED) is 0.769. The number of carbonyl (C=O) groups excluding carboxylic acids is 1. The molecule has 0 aliphatic carbocycles. The molecule has 9 heteroatoms. The number of aryl methyl sites for hydroxylation is 2. The number of nitrogens with zero attached hydrogens (tertiary/aromatic N) is 4. The molecule has 0 bridgehead atoms. The maximum Gasteiger partial charge on any atom is 0.248 e. The molecule has 3 rings (SSSR count). The van der Waals surface area contributed by atoms with Gasteiger partial charge >= 0.3 is 0 Å². The van der Waals surface area contributed by atoms with Crippen molar-refractivity contribution in [3.05, 3.63) is 41.5 Å². The van der Waals surface area contributed by atoms with Crippen LogP contribution in [0, 0.1) is 19.8 Å². The molecule has 0 aromatic carbocycles. The van der Waals surface area contributed by atoms with Gasteiger partial charge in [-0.15, -0.1) is 0 Å². The second-order valence-electron chi connectivity index (χ2n) is 6.87. The Labute approximate surface area is 159 Å². The van der Waals surface area contributed by atoms with Gasteiger partial charge in [0, 0.05) is 26.3 Å². The fourth-order valence-corrected chi connectivity index (χ4v) is 5.27. The highest BCUT2D eigenvalue weighted by atomic mass is 32.2. The third-order valence-corrected chi connectivity index (χ3v) is 6.91. The summed E-state index contributed by atoms with van der Waals surface area (Å²) in [5.41, 5.74) is 1.14. The summed E-state index contributed by atoms with van der Waals surface area (Å²) < 4.78 is 32.4. The lowest BCUT2D eigenvalue weighted by molar-refractivity contribution is -0.135. The van der Waals surface area contributed by atoms with Gasteiger partial charge in [-0.3, -0.25) is 9.78 Å². The van der Waals surface area contributed by atoms with Crippen molar-refractivity contribution in [2.45, 2.75) is 38.1 Å². The Balaban J connectivity index is 1.73. The van der Waals surface area contributed by atoms with E-state index in [0.717, 1.165) is 5.69 Å². The molecule has 0 spiro atoms. The molecule has 1 aliphatic heterocycles. The van der Waals surface area contributed by atoms with Crippen LogP contribution in [0.3, 0.4) is 0 Å². The van der Waals surface area contributed by atoms with E-state index >= 15 is 0 Å². The molecule has 146 valence electrons. The fraction of sp³-hybridized carbons (Fsp3) is 0.500. The SMILES string of the molecule is Cc1noc(C)c1S(=O)(=O)N1CCCC(C(=O)N(C)Cc2ccccn2)C1. The van der Waals surface area contributed by atoms with Crippen LogP contribution in [0.4, 0.5) is 0 Å². The van der Waals surface area contributed by atoms with E-state index in [9.17, 15) is 13.2 Å². The minimum atomic E-state index is -3.74. The maximum absolute atomic E-state index is 13.0. The van der Waals surface area contributed by atoms with Crippen LogP contribution in [-0.2, 0) is 21.4 Å². The van der Waals surface area contributed by atoms with Gasteiger partial charge < -0.3 is 9.42 Å². The van der Waals surface area contributed by atoms with Gasteiger partial charge in [-0.2, -0.15) is 4.31 Å². The number of aromatic nitrogens is 2. The molecule has 2 aromatic rings. The van der Waals surface area contributed by atoms with E-state index in [-0.39, 0.29) is 29.0 Å². The Bertz CT molecular complexity index is 891. The summed E-state index contributed by atoms with van der Waals surface area (Å²) in [6.45, 7) is 4.14. The monoisotopic (exact) mass is 392 g/mol. The van der Waals surface area contributed by atoms with Crippen molar-refractivity contribution in [2.24, 2.45) is 5.92 Å². The van der Waals surface area contributed by atoms with E-state index in [1.54, 1.807) is 32.0 Å². The van der Waals surface area contributed by atoms with Crippen molar-refractivity contribution in [2.75, 3.05) is 20.1 Å². The van der Waals surface area contributed by atoms with Crippen molar-refractivity contribution in [3.8, 4) is 0 Å². The first kappa shape index (κ1) is 19.5. The summed E-state index contributed by atoms with van der Waals surface area (Å²) in [7, 11) is -2.02. The van der Waals surface area contributed by atoms with Crippen LogP contribution < -0.4 is 0 Å². The van der Waals surface area contributed by atoms with E-state index in [0.29, 0.717) is 31.6 Å². The van der Waals surface area contributed by atoms with Gasteiger partial charge in [0.2, 0.25) is 15.9 Å². The molecule has 0 N–H and O–H groups in total. The zero-order chi connectivity index (χ0) is 19.6. The first-order valence-corrected chi connectivity index (χ1v) is 10.3. The molecule has 2 aromatic heterocycles. The standard InChI is InChI=1S/C18H24N4O4S/c1-13-17(14(2)26-20-13)27(24,25)22-10-6-7-15(11-22)18(23)21(3)12-16-8-4-5-9-19-16/h4-5,8-9,15H,6-7,10-12H2,1-3H3. The summed E-state index contributed by atoms with van der Waals surface area (Å²) in [5.74, 6) is -0.171. The van der Waals surface area contributed by atoms with Crippen molar-refractivity contribution >= 4 is 15.9 Å². The first-order chi connectivity index (χ1) is 12.8. The first-order valence-electron chi connectivity index (χ1n) is 8.88. The number of hydrogen-bond acceptors (Lipinski definition) is 6. The third-order valence-electron chi connectivity index (χ3n) is 4.80. The molecular weight excluding hydrogens is 368 g/mol. The number of pyridine rings is 1. The van der Waals surface area contributed by atoms with Gasteiger partial charge in [-0.1, -0.05) is 11.2 Å². The predicted octanol–water partition coefficient (Wildman–Crippen LogP) is 1.75. The van der Waals surface area contributed by atoms with Crippen LogP contribution in [0.2, 0.25) is 0 Å². The topological polar surface area (TPSA) is 96.6 Å². The average Bonchev–Trinajstić information content (AvgIpc) is 3.01. The van der Waals surface area contributed by atoms with Crippen molar-refractivity contribution in [1.29, 1.82) is 0 Å². The molecule has 0 radical (unpaired) electrons. The molecule has 1 atom stereocenters. The van der Waals surface area contributed by atoms with Crippen molar-refractivity contribution in [3.63, 3.8) is 0 Å². The molecular formula is C18H24N4O4S. The van der Waals surface area contributed by atoms with Gasteiger partial charge in [0.05, 0.1) is 18.2 Å². The van der Waals surface area contributed by atoms with Crippen LogP contribution >= 0.6 is 0 Å². The Morgan fingerprint density at radius 3 is 2.78 bits per heavy atom. The summed E-state index contributed by atoms with van der Waals surface area (Å²) in [6, 6.07) is 5.56. The van der Waals surface area contributed by atoms with Crippen molar-refractivity contribution < 1.29 is 17.7 Å². The summed E-state index contributed by atoms with van der Waals surface area (Å²) in [4.78, 5) is 18.8.